The molecule has 7 amide bonds. The number of benzene rings is 6. The van der Waals surface area contributed by atoms with Crippen LogP contribution in [0.2, 0.25) is 10.0 Å². The van der Waals surface area contributed by atoms with Crippen molar-refractivity contribution in [3.63, 3.8) is 0 Å². The van der Waals surface area contributed by atoms with E-state index in [4.69, 9.17) is 64.1 Å². The molecule has 0 saturated carbocycles. The standard InChI is InChI=1S/C56H52Cl2N10O17.2C2HF3O2/c1-61-32(12-21-3-2-4-26(11-21)68-60)50(76)66-45-47(73)23-6-9-36(30(57)14-23)84-38-16-25-17-39(49(38)75)85-37-10-7-24(15-31(37)58)48(74)46-55(81)65-44(56(82)83)29-18-27(69)19-35(71)41(29)28-13-22(5-8-34(28)70)42(52(78)67-46)64-53(79)43(25)63-51(77)33(20-40(59)72)62-54(45)80;2*3-2(4,5)1(6)7/h2-11,13-19,32-33,42-48,61,68-71,73-75H,12,20,60H2,1H3,(H2,59,72)(H,62,80)(H,63,77)(H,64,79)(H,65,81)(H,66,76)(H,67,78)(H,82,83);2*(H,6,7)/t32-,33+,42-,43-,44+,45-,46+,47-,48-;;/m1../s1. The van der Waals surface area contributed by atoms with Crippen molar-refractivity contribution in [1.29, 1.82) is 0 Å². The van der Waals surface area contributed by atoms with Gasteiger partial charge >= 0.3 is 30.3 Å². The van der Waals surface area contributed by atoms with Crippen molar-refractivity contribution in [2.45, 2.75) is 79.7 Å². The molecule has 11 rings (SSSR count). The van der Waals surface area contributed by atoms with Crippen LogP contribution < -0.4 is 63.7 Å². The first-order valence-corrected chi connectivity index (χ1v) is 28.8. The first-order valence-electron chi connectivity index (χ1n) is 28.0. The third kappa shape index (κ3) is 18.0. The fourth-order valence-corrected chi connectivity index (χ4v) is 10.3. The number of hydrogen-bond donors (Lipinski definition) is 19. The van der Waals surface area contributed by atoms with Crippen molar-refractivity contribution in [3.05, 3.63) is 147 Å². The molecule has 0 aromatic heterocycles. The van der Waals surface area contributed by atoms with Gasteiger partial charge in [-0.25, -0.2) is 14.4 Å². The van der Waals surface area contributed by atoms with Crippen LogP contribution in [0.1, 0.15) is 70.1 Å². The average molecular weight is 1440 g/mol. The maximum absolute atomic E-state index is 15.4. The van der Waals surface area contributed by atoms with Gasteiger partial charge in [-0.05, 0) is 108 Å². The molecule has 0 radical (unpaired) electrons. The van der Waals surface area contributed by atoms with E-state index in [-0.39, 0.29) is 50.2 Å². The number of carbonyl (C=O) groups excluding carboxylic acids is 7. The van der Waals surface area contributed by atoms with Gasteiger partial charge in [-0.3, -0.25) is 39.4 Å². The van der Waals surface area contributed by atoms with Gasteiger partial charge in [0.2, 0.25) is 47.1 Å². The lowest BCUT2D eigenvalue weighted by Crippen LogP contribution is -2.59. The first kappa shape index (κ1) is 75.0. The number of ether oxygens (including phenoxy) is 2. The third-order valence-electron chi connectivity index (χ3n) is 14.6. The molecule has 0 unspecified atom stereocenters. The second-order valence-electron chi connectivity index (χ2n) is 21.4. The number of nitrogens with one attached hydrogen (secondary N) is 8. The summed E-state index contributed by atoms with van der Waals surface area (Å²) in [6, 6.07) is 6.82. The number of aliphatic carboxylic acids is 3. The molecule has 9 atom stereocenters. The van der Waals surface area contributed by atoms with Crippen molar-refractivity contribution in [2.24, 2.45) is 11.6 Å². The molecule has 99 heavy (non-hydrogen) atoms. The second-order valence-corrected chi connectivity index (χ2v) is 22.2. The number of hydrazine groups is 1. The number of amides is 7. The smallest absolute Gasteiger partial charge is 0.490 e. The minimum absolute atomic E-state index is 0.0137. The number of rotatable bonds is 9. The number of aliphatic hydroxyl groups is 2. The number of halogens is 8. The number of primary amides is 1. The summed E-state index contributed by atoms with van der Waals surface area (Å²) in [6.45, 7) is 0. The number of phenols is 4. The monoisotopic (exact) mass is 1430 g/mol. The van der Waals surface area contributed by atoms with E-state index < -0.39 is 184 Å². The Bertz CT molecular complexity index is 4190. The van der Waals surface area contributed by atoms with E-state index in [1.165, 1.54) is 25.2 Å². The number of nitrogens with two attached hydrogens (primary N) is 2. The van der Waals surface area contributed by atoms with Gasteiger partial charge in [-0.1, -0.05) is 53.5 Å². The number of anilines is 1. The Kier molecular flexibility index (Phi) is 23.3. The van der Waals surface area contributed by atoms with Gasteiger partial charge in [-0.2, -0.15) is 26.3 Å². The van der Waals surface area contributed by atoms with Crippen LogP contribution in [0.15, 0.2) is 103 Å². The van der Waals surface area contributed by atoms with Crippen LogP contribution in [0.25, 0.3) is 11.1 Å². The zero-order chi connectivity index (χ0) is 73.4. The van der Waals surface area contributed by atoms with Crippen LogP contribution in [0, 0.1) is 0 Å². The lowest BCUT2D eigenvalue weighted by Gasteiger charge is -2.31. The molecule has 526 valence electrons. The van der Waals surface area contributed by atoms with E-state index in [1.54, 1.807) is 24.3 Å². The molecular formula is C60H54Cl2F6N10O21. The highest BCUT2D eigenvalue weighted by Gasteiger charge is 2.43. The Morgan fingerprint density at radius 1 is 0.606 bits per heavy atom. The van der Waals surface area contributed by atoms with Crippen LogP contribution >= 0.6 is 23.2 Å². The molecular weight excluding hydrogens is 1380 g/mol. The topological polar surface area (TPSA) is 520 Å². The van der Waals surface area contributed by atoms with Crippen molar-refractivity contribution < 1.29 is 130 Å². The van der Waals surface area contributed by atoms with Crippen LogP contribution in [0.4, 0.5) is 32.0 Å². The van der Waals surface area contributed by atoms with Gasteiger partial charge in [0.05, 0.1) is 22.5 Å². The number of fused-ring (bicyclic) bond motifs is 15. The highest BCUT2D eigenvalue weighted by molar-refractivity contribution is 6.32. The molecule has 0 saturated heterocycles. The minimum atomic E-state index is -5.08. The predicted octanol–water partition coefficient (Wildman–Crippen LogP) is 3.14. The van der Waals surface area contributed by atoms with E-state index in [2.05, 4.69) is 42.6 Å². The van der Waals surface area contributed by atoms with Gasteiger partial charge in [-0.15, -0.1) is 0 Å². The number of carbonyl (C=O) groups is 10. The van der Waals surface area contributed by atoms with Gasteiger partial charge in [0.25, 0.3) is 0 Å². The number of carboxylic acid groups (broad SMARTS) is 3. The molecule has 5 aliphatic rings. The Hall–Kier alpha value is -11.4. The van der Waals surface area contributed by atoms with E-state index >= 15 is 9.59 Å². The van der Waals surface area contributed by atoms with Crippen molar-refractivity contribution in [2.75, 3.05) is 12.5 Å². The van der Waals surface area contributed by atoms with Crippen LogP contribution in [-0.2, 0) is 54.4 Å². The van der Waals surface area contributed by atoms with Gasteiger partial charge < -0.3 is 104 Å². The number of nitrogen functional groups attached to an aromatic ring is 1. The molecule has 0 fully saturated rings. The summed E-state index contributed by atoms with van der Waals surface area (Å²) in [5, 5.41) is 111. The number of aromatic hydroxyl groups is 4. The summed E-state index contributed by atoms with van der Waals surface area (Å²) >= 11 is 13.6. The minimum Gasteiger partial charge on any atom is -0.508 e. The van der Waals surface area contributed by atoms with Crippen molar-refractivity contribution in [1.82, 2.24) is 37.2 Å². The Labute approximate surface area is 560 Å². The summed E-state index contributed by atoms with van der Waals surface area (Å²) in [7, 11) is 1.46. The normalized spacial score (nSPS) is 20.2. The molecule has 5 heterocycles. The number of alkyl halides is 6. The molecule has 21 N–H and O–H groups in total. The van der Waals surface area contributed by atoms with E-state index in [0.29, 0.717) is 11.3 Å². The zero-order valence-corrected chi connectivity index (χ0v) is 51.5. The number of phenolic OH excluding ortho intramolecular Hbond substituents is 4. The third-order valence-corrected chi connectivity index (χ3v) is 15.2. The summed E-state index contributed by atoms with van der Waals surface area (Å²) in [6.07, 6.45) is -15.3. The SMILES string of the molecule is CN[C@H](Cc1cccc(NN)c1)C(=O)N[C@H]1C(=O)N[C@@H](CC(N)=O)C(=O)N[C@H]2C(=O)N[C@H]3C(=O)N[C@H](C(=O)N[C@H](C(=O)O)c4cc(O)cc(O)c4-c4cc3ccc4O)[C@H](O)c3ccc(c(Cl)c3)Oc3cc2cc(c3O)Oc2ccc(cc2Cl)[C@H]1O.O=C(O)C(F)(F)F.O=C(O)C(F)(F)F. The first-order chi connectivity index (χ1) is 46.3. The highest BCUT2D eigenvalue weighted by atomic mass is 35.5. The number of aliphatic hydroxyl groups excluding tert-OH is 2. The predicted molar refractivity (Wildman–Crippen MR) is 326 cm³/mol. The summed E-state index contributed by atoms with van der Waals surface area (Å²) in [5.41, 5.74) is 6.87. The maximum atomic E-state index is 15.4. The van der Waals surface area contributed by atoms with Gasteiger partial charge in [0, 0.05) is 28.4 Å². The lowest BCUT2D eigenvalue weighted by molar-refractivity contribution is -0.193. The highest BCUT2D eigenvalue weighted by Crippen LogP contribution is 2.48. The fourth-order valence-electron chi connectivity index (χ4n) is 9.86. The molecule has 11 bridgehead atoms. The summed E-state index contributed by atoms with van der Waals surface area (Å²) < 4.78 is 75.8. The number of likely N-dealkylation sites (N-methyl/N-ethyl adjacent to an activating group) is 1. The number of carboxylic acids is 3. The van der Waals surface area contributed by atoms with Crippen molar-refractivity contribution >= 4 is 88.1 Å². The lowest BCUT2D eigenvalue weighted by atomic mass is 9.89. The molecule has 5 aliphatic heterocycles. The quantitative estimate of drug-likeness (QED) is 0.0561. The van der Waals surface area contributed by atoms with E-state index in [1.807, 2.05) is 0 Å². The molecule has 6 aromatic carbocycles. The number of hydrogen-bond acceptors (Lipinski definition) is 21. The maximum Gasteiger partial charge on any atom is 0.490 e. The molecule has 39 heteroatoms. The van der Waals surface area contributed by atoms with Crippen molar-refractivity contribution in [3.8, 4) is 57.1 Å². The molecule has 0 spiro atoms. The molecule has 31 nitrogen and oxygen atoms in total. The van der Waals surface area contributed by atoms with E-state index in [9.17, 15) is 90.9 Å². The second kappa shape index (κ2) is 30.8. The fraction of sp³-hybridized carbons (Fsp3) is 0.233. The molecule has 0 aliphatic carbocycles. The van der Waals surface area contributed by atoms with Crippen LogP contribution in [0.5, 0.6) is 46.0 Å². The Morgan fingerprint density at radius 3 is 1.67 bits per heavy atom. The van der Waals surface area contributed by atoms with Crippen LogP contribution in [0.3, 0.4) is 0 Å². The van der Waals surface area contributed by atoms with E-state index in [0.717, 1.165) is 60.7 Å². The Morgan fingerprint density at radius 2 is 1.14 bits per heavy atom. The summed E-state index contributed by atoms with van der Waals surface area (Å²) in [5.74, 6) is -15.2. The van der Waals surface area contributed by atoms with Gasteiger partial charge in [0.15, 0.2) is 17.5 Å². The van der Waals surface area contributed by atoms with Gasteiger partial charge in [0.1, 0.15) is 71.2 Å². The Balaban J connectivity index is 0.000000889. The molecule has 6 aromatic rings. The average Bonchev–Trinajstić information content (AvgIpc) is 0.768. The zero-order valence-electron chi connectivity index (χ0n) is 50.0. The largest absolute Gasteiger partial charge is 0.508 e. The summed E-state index contributed by atoms with van der Waals surface area (Å²) in [4.78, 5) is 132. The van der Waals surface area contributed by atoms with Crippen LogP contribution in [-0.4, -0.2) is 149 Å².